The summed E-state index contributed by atoms with van der Waals surface area (Å²) in [5.74, 6) is 0.336. The third kappa shape index (κ3) is 4.61. The van der Waals surface area contributed by atoms with Crippen LogP contribution < -0.4 is 16.6 Å². The summed E-state index contributed by atoms with van der Waals surface area (Å²) in [7, 11) is 0. The molecule has 1 amide bonds. The zero-order valence-electron chi connectivity index (χ0n) is 15.5. The minimum absolute atomic E-state index is 0.115. The minimum Gasteiger partial charge on any atom is -0.354 e. The van der Waals surface area contributed by atoms with Gasteiger partial charge in [-0.2, -0.15) is 0 Å². The van der Waals surface area contributed by atoms with Gasteiger partial charge in [-0.3, -0.25) is 14.2 Å². The molecule has 7 heteroatoms. The van der Waals surface area contributed by atoms with Crippen LogP contribution in [0.1, 0.15) is 43.4 Å². The van der Waals surface area contributed by atoms with Crippen LogP contribution in [0.25, 0.3) is 10.2 Å². The third-order valence-electron chi connectivity index (χ3n) is 4.58. The maximum atomic E-state index is 12.3. The number of aromatic nitrogens is 2. The quantitative estimate of drug-likeness (QED) is 0.655. The van der Waals surface area contributed by atoms with Crippen molar-refractivity contribution in [2.24, 2.45) is 5.73 Å². The Hall–Kier alpha value is -2.51. The minimum atomic E-state index is -0.262. The van der Waals surface area contributed by atoms with Crippen LogP contribution in [0.15, 0.2) is 46.8 Å². The van der Waals surface area contributed by atoms with Crippen LogP contribution in [0, 0.1) is 0 Å². The number of nitrogens with two attached hydrogens (primary N) is 1. The number of thiophene rings is 1. The van der Waals surface area contributed by atoms with Crippen LogP contribution in [0.5, 0.6) is 0 Å². The first-order valence-electron chi connectivity index (χ1n) is 9.00. The van der Waals surface area contributed by atoms with E-state index in [1.807, 2.05) is 17.5 Å². The fourth-order valence-corrected chi connectivity index (χ4v) is 3.56. The van der Waals surface area contributed by atoms with Crippen LogP contribution in [0.4, 0.5) is 0 Å². The average Bonchev–Trinajstić information content (AvgIpc) is 3.15. The predicted octanol–water partition coefficient (Wildman–Crippen LogP) is 2.79. The number of fused-ring (bicyclic) bond motifs is 1. The zero-order valence-corrected chi connectivity index (χ0v) is 16.3. The van der Waals surface area contributed by atoms with Crippen molar-refractivity contribution >= 4 is 27.5 Å². The van der Waals surface area contributed by atoms with E-state index in [-0.39, 0.29) is 23.9 Å². The number of aryl methyl sites for hydroxylation is 1. The maximum absolute atomic E-state index is 12.3. The van der Waals surface area contributed by atoms with E-state index in [2.05, 4.69) is 36.3 Å². The zero-order chi connectivity index (χ0) is 19.4. The first-order chi connectivity index (χ1) is 13.0. The lowest BCUT2D eigenvalue weighted by atomic mass is 9.99. The molecule has 1 aromatic carbocycles. The Kier molecular flexibility index (Phi) is 6.03. The van der Waals surface area contributed by atoms with E-state index in [0.717, 1.165) is 10.4 Å². The Bertz CT molecular complexity index is 976. The Balaban J connectivity index is 1.51. The summed E-state index contributed by atoms with van der Waals surface area (Å²) in [5.41, 5.74) is 8.31. The Morgan fingerprint density at radius 3 is 2.63 bits per heavy atom. The molecule has 0 saturated carbocycles. The molecule has 0 fully saturated rings. The highest BCUT2D eigenvalue weighted by Gasteiger charge is 2.10. The Labute approximate surface area is 162 Å². The number of hydrogen-bond acceptors (Lipinski definition) is 5. The summed E-state index contributed by atoms with van der Waals surface area (Å²) in [6.45, 7) is 4.94. The van der Waals surface area contributed by atoms with Crippen LogP contribution in [-0.4, -0.2) is 22.0 Å². The smallest absolute Gasteiger partial charge is 0.262 e. The Morgan fingerprint density at radius 1 is 1.22 bits per heavy atom. The molecular formula is C20H24N4O2S. The fourth-order valence-electron chi connectivity index (χ4n) is 2.83. The van der Waals surface area contributed by atoms with Crippen LogP contribution in [0.2, 0.25) is 0 Å². The number of amides is 1. The summed E-state index contributed by atoms with van der Waals surface area (Å²) in [5, 5.41) is 5.27. The van der Waals surface area contributed by atoms with Crippen molar-refractivity contribution in [2.45, 2.75) is 38.8 Å². The highest BCUT2D eigenvalue weighted by molar-refractivity contribution is 7.16. The first kappa shape index (κ1) is 19.3. The lowest BCUT2D eigenvalue weighted by Crippen LogP contribution is -2.33. The van der Waals surface area contributed by atoms with Crippen LogP contribution in [-0.2, 0) is 11.3 Å². The summed E-state index contributed by atoms with van der Waals surface area (Å²) in [4.78, 5) is 29.4. The topological polar surface area (TPSA) is 90.0 Å². The van der Waals surface area contributed by atoms with E-state index in [4.69, 9.17) is 5.73 Å². The van der Waals surface area contributed by atoms with E-state index in [0.29, 0.717) is 24.4 Å². The molecule has 0 aliphatic heterocycles. The highest BCUT2D eigenvalue weighted by Crippen LogP contribution is 2.17. The van der Waals surface area contributed by atoms with Gasteiger partial charge in [0.05, 0.1) is 11.7 Å². The molecule has 3 N–H and O–H groups in total. The number of hydrogen-bond donors (Lipinski definition) is 2. The van der Waals surface area contributed by atoms with E-state index < -0.39 is 0 Å². The van der Waals surface area contributed by atoms with Crippen molar-refractivity contribution in [1.82, 2.24) is 14.9 Å². The number of benzene rings is 1. The second-order valence-corrected chi connectivity index (χ2v) is 7.76. The van der Waals surface area contributed by atoms with Crippen molar-refractivity contribution < 1.29 is 4.79 Å². The van der Waals surface area contributed by atoms with Gasteiger partial charge in [-0.15, -0.1) is 11.3 Å². The lowest BCUT2D eigenvalue weighted by molar-refractivity contribution is -0.121. The molecule has 0 spiro atoms. The average molecular weight is 385 g/mol. The molecule has 142 valence electrons. The van der Waals surface area contributed by atoms with Gasteiger partial charge in [-0.05, 0) is 28.5 Å². The molecule has 1 atom stereocenters. The Morgan fingerprint density at radius 2 is 1.93 bits per heavy atom. The number of nitrogens with zero attached hydrogens (tertiary/aromatic N) is 2. The molecule has 1 unspecified atom stereocenters. The number of nitrogens with one attached hydrogen (secondary N) is 1. The van der Waals surface area contributed by atoms with Gasteiger partial charge in [0.1, 0.15) is 4.83 Å². The molecule has 0 radical (unpaired) electrons. The molecule has 0 aliphatic rings. The van der Waals surface area contributed by atoms with Gasteiger partial charge in [0.15, 0.2) is 0 Å². The van der Waals surface area contributed by atoms with Crippen molar-refractivity contribution in [3.05, 3.63) is 63.5 Å². The van der Waals surface area contributed by atoms with E-state index >= 15 is 0 Å². The highest BCUT2D eigenvalue weighted by atomic mass is 32.1. The molecule has 3 rings (SSSR count). The lowest BCUT2D eigenvalue weighted by Gasteiger charge is -2.15. The molecule has 27 heavy (non-hydrogen) atoms. The van der Waals surface area contributed by atoms with Gasteiger partial charge in [-0.25, -0.2) is 4.98 Å². The molecule has 0 aliphatic carbocycles. The van der Waals surface area contributed by atoms with Gasteiger partial charge in [0.25, 0.3) is 5.56 Å². The molecule has 0 bridgehead atoms. The molecule has 2 heterocycles. The summed E-state index contributed by atoms with van der Waals surface area (Å²) in [6, 6.07) is 9.65. The van der Waals surface area contributed by atoms with Gasteiger partial charge in [0.2, 0.25) is 5.91 Å². The van der Waals surface area contributed by atoms with E-state index in [1.54, 1.807) is 6.07 Å². The summed E-state index contributed by atoms with van der Waals surface area (Å²) >= 11 is 1.43. The van der Waals surface area contributed by atoms with E-state index in [1.165, 1.54) is 27.8 Å². The van der Waals surface area contributed by atoms with Crippen LogP contribution >= 0.6 is 11.3 Å². The summed E-state index contributed by atoms with van der Waals surface area (Å²) in [6.07, 6.45) is 1.70. The molecular weight excluding hydrogens is 360 g/mol. The standard InChI is InChI=1S/C20H24N4O2S/c1-13(2)14-3-5-15(6-4-14)17(21)11-22-18(25)7-9-24-12-23-19-16(20(24)26)8-10-27-19/h3-6,8,10,12-13,17H,7,9,11,21H2,1-2H3,(H,22,25). The van der Waals surface area contributed by atoms with E-state index in [9.17, 15) is 9.59 Å². The van der Waals surface area contributed by atoms with Crippen LogP contribution in [0.3, 0.4) is 0 Å². The van der Waals surface area contributed by atoms with Gasteiger partial charge >= 0.3 is 0 Å². The van der Waals surface area contributed by atoms with Crippen molar-refractivity contribution in [2.75, 3.05) is 6.54 Å². The first-order valence-corrected chi connectivity index (χ1v) is 9.88. The predicted molar refractivity (Wildman–Crippen MR) is 109 cm³/mol. The fraction of sp³-hybridized carbons (Fsp3) is 0.350. The van der Waals surface area contributed by atoms with Gasteiger partial charge < -0.3 is 11.1 Å². The van der Waals surface area contributed by atoms with Gasteiger partial charge in [-0.1, -0.05) is 38.1 Å². The summed E-state index contributed by atoms with van der Waals surface area (Å²) < 4.78 is 1.47. The SMILES string of the molecule is CC(C)c1ccc(C(N)CNC(=O)CCn2cnc3sccc3c2=O)cc1. The molecule has 0 saturated heterocycles. The maximum Gasteiger partial charge on any atom is 0.262 e. The number of carbonyl (C=O) groups is 1. The third-order valence-corrected chi connectivity index (χ3v) is 5.40. The molecule has 3 aromatic rings. The monoisotopic (exact) mass is 384 g/mol. The second-order valence-electron chi connectivity index (χ2n) is 6.86. The number of carbonyl (C=O) groups excluding carboxylic acids is 1. The molecule has 6 nitrogen and oxygen atoms in total. The van der Waals surface area contributed by atoms with Crippen molar-refractivity contribution in [3.63, 3.8) is 0 Å². The van der Waals surface area contributed by atoms with Crippen molar-refractivity contribution in [3.8, 4) is 0 Å². The molecule has 2 aromatic heterocycles. The van der Waals surface area contributed by atoms with Gasteiger partial charge in [0, 0.05) is 25.6 Å². The largest absolute Gasteiger partial charge is 0.354 e. The van der Waals surface area contributed by atoms with Crippen molar-refractivity contribution in [1.29, 1.82) is 0 Å². The normalized spacial score (nSPS) is 12.4. The second kappa shape index (κ2) is 8.45. The number of rotatable bonds is 7.